The summed E-state index contributed by atoms with van der Waals surface area (Å²) in [4.78, 5) is 17.3. The summed E-state index contributed by atoms with van der Waals surface area (Å²) in [6.45, 7) is 7.15. The van der Waals surface area contributed by atoms with Crippen molar-refractivity contribution in [1.82, 2.24) is 15.5 Å². The highest BCUT2D eigenvalue weighted by Crippen LogP contribution is 2.13. The highest BCUT2D eigenvalue weighted by molar-refractivity contribution is 5.79. The quantitative estimate of drug-likeness (QED) is 0.349. The van der Waals surface area contributed by atoms with E-state index in [1.165, 1.54) is 4.90 Å². The van der Waals surface area contributed by atoms with E-state index in [-0.39, 0.29) is 12.5 Å². The number of ether oxygens (including phenoxy) is 2. The fraction of sp³-hybridized carbons (Fsp3) is 0.600. The van der Waals surface area contributed by atoms with Crippen LogP contribution >= 0.6 is 0 Å². The average molecular weight is 379 g/mol. The van der Waals surface area contributed by atoms with Crippen LogP contribution in [0.3, 0.4) is 0 Å². The minimum Gasteiger partial charge on any atom is -0.484 e. The molecule has 0 radical (unpaired) electrons. The summed E-state index contributed by atoms with van der Waals surface area (Å²) in [5.41, 5.74) is 1.04. The van der Waals surface area contributed by atoms with Crippen molar-refractivity contribution in [3.8, 4) is 5.75 Å². The van der Waals surface area contributed by atoms with Crippen LogP contribution in [0, 0.1) is 5.92 Å². The second-order valence-electron chi connectivity index (χ2n) is 6.87. The number of benzene rings is 1. The Morgan fingerprint density at radius 3 is 2.67 bits per heavy atom. The minimum absolute atomic E-state index is 0.0317. The van der Waals surface area contributed by atoms with Crippen LogP contribution in [0.5, 0.6) is 5.75 Å². The molecule has 0 bridgehead atoms. The van der Waals surface area contributed by atoms with E-state index >= 15 is 0 Å². The van der Waals surface area contributed by atoms with E-state index in [0.29, 0.717) is 31.4 Å². The molecule has 7 nitrogen and oxygen atoms in total. The maximum Gasteiger partial charge on any atom is 0.259 e. The van der Waals surface area contributed by atoms with Gasteiger partial charge in [-0.3, -0.25) is 9.79 Å². The number of amides is 1. The minimum atomic E-state index is -0.0706. The number of hydrogen-bond donors (Lipinski definition) is 2. The van der Waals surface area contributed by atoms with Gasteiger partial charge < -0.3 is 25.0 Å². The SMILES string of the molecule is CN=C(NCCOCCC(C)C)NCc1cccc(OCC(=O)N(C)C)c1. The Morgan fingerprint density at radius 2 is 2.00 bits per heavy atom. The van der Waals surface area contributed by atoms with Crippen LogP contribution in [0.15, 0.2) is 29.3 Å². The Labute approximate surface area is 163 Å². The van der Waals surface area contributed by atoms with Gasteiger partial charge in [0.1, 0.15) is 5.75 Å². The van der Waals surface area contributed by atoms with Crippen molar-refractivity contribution in [2.75, 3.05) is 47.5 Å². The van der Waals surface area contributed by atoms with Gasteiger partial charge in [0.05, 0.1) is 6.61 Å². The van der Waals surface area contributed by atoms with Gasteiger partial charge in [0.2, 0.25) is 0 Å². The van der Waals surface area contributed by atoms with Crippen LogP contribution in [0.4, 0.5) is 0 Å². The molecule has 152 valence electrons. The molecule has 7 heteroatoms. The molecule has 0 fully saturated rings. The molecule has 1 rings (SSSR count). The van der Waals surface area contributed by atoms with E-state index in [2.05, 4.69) is 29.5 Å². The van der Waals surface area contributed by atoms with Crippen molar-refractivity contribution in [2.45, 2.75) is 26.8 Å². The Balaban J connectivity index is 2.33. The molecule has 0 unspecified atom stereocenters. The van der Waals surface area contributed by atoms with Gasteiger partial charge in [0, 0.05) is 40.8 Å². The molecule has 1 amide bonds. The number of hydrogen-bond acceptors (Lipinski definition) is 4. The molecule has 27 heavy (non-hydrogen) atoms. The maximum absolute atomic E-state index is 11.6. The number of likely N-dealkylation sites (N-methyl/N-ethyl adjacent to an activating group) is 1. The van der Waals surface area contributed by atoms with Gasteiger partial charge in [0.15, 0.2) is 12.6 Å². The summed E-state index contributed by atoms with van der Waals surface area (Å²) in [7, 11) is 5.15. The molecule has 2 N–H and O–H groups in total. The second kappa shape index (κ2) is 13.0. The normalized spacial score (nSPS) is 11.4. The zero-order valence-corrected chi connectivity index (χ0v) is 17.2. The van der Waals surface area contributed by atoms with Gasteiger partial charge >= 0.3 is 0 Å². The standard InChI is InChI=1S/C20H34N4O3/c1-16(2)9-11-26-12-10-22-20(21-3)23-14-17-7-6-8-18(13-17)27-15-19(25)24(4)5/h6-8,13,16H,9-12,14-15H2,1-5H3,(H2,21,22,23). The molecule has 0 aromatic heterocycles. The molecule has 1 aromatic rings. The summed E-state index contributed by atoms with van der Waals surface area (Å²) < 4.78 is 11.1. The third-order valence-corrected chi connectivity index (χ3v) is 3.82. The van der Waals surface area contributed by atoms with Gasteiger partial charge in [0.25, 0.3) is 5.91 Å². The largest absolute Gasteiger partial charge is 0.484 e. The highest BCUT2D eigenvalue weighted by Gasteiger charge is 2.05. The van der Waals surface area contributed by atoms with E-state index in [1.807, 2.05) is 24.3 Å². The van der Waals surface area contributed by atoms with Gasteiger partial charge in [-0.1, -0.05) is 26.0 Å². The Hall–Kier alpha value is -2.28. The van der Waals surface area contributed by atoms with Crippen molar-refractivity contribution in [3.05, 3.63) is 29.8 Å². The van der Waals surface area contributed by atoms with E-state index in [4.69, 9.17) is 9.47 Å². The Morgan fingerprint density at radius 1 is 1.22 bits per heavy atom. The molecule has 0 spiro atoms. The van der Waals surface area contributed by atoms with Gasteiger partial charge in [-0.05, 0) is 30.0 Å². The zero-order valence-electron chi connectivity index (χ0n) is 17.2. The van der Waals surface area contributed by atoms with Crippen LogP contribution < -0.4 is 15.4 Å². The van der Waals surface area contributed by atoms with E-state index < -0.39 is 0 Å². The number of aliphatic imine (C=N–C) groups is 1. The molecule has 0 saturated heterocycles. The fourth-order valence-corrected chi connectivity index (χ4v) is 2.09. The smallest absolute Gasteiger partial charge is 0.259 e. The van der Waals surface area contributed by atoms with Crippen LogP contribution in [0.25, 0.3) is 0 Å². The van der Waals surface area contributed by atoms with Gasteiger partial charge in [-0.15, -0.1) is 0 Å². The molecule has 0 heterocycles. The van der Waals surface area contributed by atoms with Crippen molar-refractivity contribution in [1.29, 1.82) is 0 Å². The first kappa shape index (κ1) is 22.8. The third kappa shape index (κ3) is 10.5. The first-order chi connectivity index (χ1) is 12.9. The number of nitrogens with one attached hydrogen (secondary N) is 2. The highest BCUT2D eigenvalue weighted by atomic mass is 16.5. The lowest BCUT2D eigenvalue weighted by atomic mass is 10.1. The summed E-state index contributed by atoms with van der Waals surface area (Å²) in [5.74, 6) is 1.98. The third-order valence-electron chi connectivity index (χ3n) is 3.82. The second-order valence-corrected chi connectivity index (χ2v) is 6.87. The average Bonchev–Trinajstić information content (AvgIpc) is 2.64. The number of carbonyl (C=O) groups excluding carboxylic acids is 1. The van der Waals surface area contributed by atoms with Crippen LogP contribution in [0.1, 0.15) is 25.8 Å². The summed E-state index contributed by atoms with van der Waals surface area (Å²) in [6.07, 6.45) is 1.07. The van der Waals surface area contributed by atoms with E-state index in [9.17, 15) is 4.79 Å². The van der Waals surface area contributed by atoms with E-state index in [1.54, 1.807) is 21.1 Å². The number of guanidine groups is 1. The number of rotatable bonds is 11. The lowest BCUT2D eigenvalue weighted by Crippen LogP contribution is -2.38. The number of nitrogens with zero attached hydrogens (tertiary/aromatic N) is 2. The van der Waals surface area contributed by atoms with Gasteiger partial charge in [-0.25, -0.2) is 0 Å². The van der Waals surface area contributed by atoms with Gasteiger partial charge in [-0.2, -0.15) is 0 Å². The van der Waals surface area contributed by atoms with Crippen molar-refractivity contribution < 1.29 is 14.3 Å². The Bertz CT molecular complexity index is 588. The summed E-state index contributed by atoms with van der Waals surface area (Å²) >= 11 is 0. The Kier molecular flexibility index (Phi) is 10.9. The predicted molar refractivity (Wildman–Crippen MR) is 109 cm³/mol. The predicted octanol–water partition coefficient (Wildman–Crippen LogP) is 1.88. The molecule has 0 aliphatic rings. The molecule has 1 aromatic carbocycles. The lowest BCUT2D eigenvalue weighted by molar-refractivity contribution is -0.130. The van der Waals surface area contributed by atoms with Crippen LogP contribution in [-0.2, 0) is 16.1 Å². The molecular weight excluding hydrogens is 344 g/mol. The number of carbonyl (C=O) groups is 1. The lowest BCUT2D eigenvalue weighted by Gasteiger charge is -2.14. The maximum atomic E-state index is 11.6. The van der Waals surface area contributed by atoms with Crippen molar-refractivity contribution >= 4 is 11.9 Å². The van der Waals surface area contributed by atoms with Crippen LogP contribution in [-0.4, -0.2) is 64.3 Å². The molecule has 0 aliphatic carbocycles. The first-order valence-corrected chi connectivity index (χ1v) is 9.36. The van der Waals surface area contributed by atoms with Crippen molar-refractivity contribution in [3.63, 3.8) is 0 Å². The summed E-state index contributed by atoms with van der Waals surface area (Å²) in [5, 5.41) is 6.49. The zero-order chi connectivity index (χ0) is 20.1. The molecule has 0 aliphatic heterocycles. The van der Waals surface area contributed by atoms with Crippen molar-refractivity contribution in [2.24, 2.45) is 10.9 Å². The molecular formula is C20H34N4O3. The summed E-state index contributed by atoms with van der Waals surface area (Å²) in [6, 6.07) is 7.66. The molecule has 0 atom stereocenters. The monoisotopic (exact) mass is 378 g/mol. The topological polar surface area (TPSA) is 75.2 Å². The fourth-order valence-electron chi connectivity index (χ4n) is 2.09. The van der Waals surface area contributed by atoms with E-state index in [0.717, 1.165) is 24.6 Å². The van der Waals surface area contributed by atoms with Crippen LogP contribution in [0.2, 0.25) is 0 Å². The first-order valence-electron chi connectivity index (χ1n) is 9.36. The molecule has 0 saturated carbocycles.